The molecule has 5 rings (SSSR count). The third-order valence-corrected chi connectivity index (χ3v) is 7.72. The molecule has 1 aromatic carbocycles. The third kappa shape index (κ3) is 4.47. The first-order valence-electron chi connectivity index (χ1n) is 10.5. The van der Waals surface area contributed by atoms with Gasteiger partial charge >= 0.3 is 0 Å². The van der Waals surface area contributed by atoms with E-state index >= 15 is 0 Å². The van der Waals surface area contributed by atoms with Crippen molar-refractivity contribution >= 4 is 21.4 Å². The smallest absolute Gasteiger partial charge is 0.209 e. The first-order chi connectivity index (χ1) is 14.9. The fraction of sp³-hybridized carbons (Fsp3) is 0.409. The van der Waals surface area contributed by atoms with Crippen molar-refractivity contribution < 1.29 is 8.42 Å². The number of fused-ring (bicyclic) bond motifs is 3. The Kier molecular flexibility index (Phi) is 5.47. The second kappa shape index (κ2) is 8.14. The Morgan fingerprint density at radius 1 is 1.19 bits per heavy atom. The molecule has 0 atom stereocenters. The van der Waals surface area contributed by atoms with Crippen molar-refractivity contribution in [1.29, 1.82) is 0 Å². The van der Waals surface area contributed by atoms with Gasteiger partial charge in [0.25, 0.3) is 0 Å². The summed E-state index contributed by atoms with van der Waals surface area (Å²) in [6.45, 7) is 5.82. The summed E-state index contributed by atoms with van der Waals surface area (Å²) in [4.78, 5) is 5.88. The van der Waals surface area contributed by atoms with Gasteiger partial charge in [0.2, 0.25) is 10.0 Å². The number of aromatic nitrogens is 2. The average Bonchev–Trinajstić information content (AvgIpc) is 3.42. The van der Waals surface area contributed by atoms with Gasteiger partial charge in [-0.3, -0.25) is 10.00 Å². The number of thiophene rings is 1. The molecule has 1 saturated heterocycles. The number of sulfonamides is 1. The summed E-state index contributed by atoms with van der Waals surface area (Å²) in [7, 11) is -1.02. The zero-order chi connectivity index (χ0) is 21.6. The number of nitrogens with zero attached hydrogens (tertiary/aromatic N) is 3. The van der Waals surface area contributed by atoms with Gasteiger partial charge in [0.1, 0.15) is 0 Å². The molecule has 2 aliphatic rings. The summed E-state index contributed by atoms with van der Waals surface area (Å²) in [6.07, 6.45) is 2.05. The van der Waals surface area contributed by atoms with Crippen LogP contribution in [0.3, 0.4) is 0 Å². The lowest BCUT2D eigenvalue weighted by Crippen LogP contribution is -2.43. The van der Waals surface area contributed by atoms with Crippen molar-refractivity contribution in [3.8, 4) is 22.5 Å². The van der Waals surface area contributed by atoms with Gasteiger partial charge in [0, 0.05) is 72.6 Å². The third-order valence-electron chi connectivity index (χ3n) is 6.11. The van der Waals surface area contributed by atoms with Gasteiger partial charge in [-0.25, -0.2) is 13.1 Å². The van der Waals surface area contributed by atoms with Crippen molar-refractivity contribution in [3.05, 3.63) is 51.2 Å². The monoisotopic (exact) mass is 457 g/mol. The standard InChI is InChI=1S/C22H27N5O2S2/c1-26-5-7-27(8-6-26)13-15-3-4-19-16(9-15)11-20-21(24-25-22(19)20)17-10-18(30-14-17)12-23-31(2,28)29/h3-4,9-10,14,23H,5-8,11-13H2,1-2H3,(H,24,25). The minimum atomic E-state index is -3.20. The highest BCUT2D eigenvalue weighted by molar-refractivity contribution is 7.88. The van der Waals surface area contributed by atoms with Gasteiger partial charge in [0.15, 0.2) is 0 Å². The Balaban J connectivity index is 1.32. The Morgan fingerprint density at radius 2 is 2.00 bits per heavy atom. The Hall–Kier alpha value is -2.04. The minimum Gasteiger partial charge on any atom is -0.304 e. The van der Waals surface area contributed by atoms with Crippen molar-refractivity contribution in [2.45, 2.75) is 19.5 Å². The van der Waals surface area contributed by atoms with E-state index in [1.165, 1.54) is 28.5 Å². The SMILES string of the molecule is CN1CCN(Cc2ccc3c(c2)Cc2c(-c4csc(CNS(C)(=O)=O)c4)n[nH]c2-3)CC1. The van der Waals surface area contributed by atoms with Gasteiger partial charge in [0.05, 0.1) is 17.6 Å². The second-order valence-corrected chi connectivity index (χ2v) is 11.4. The predicted octanol–water partition coefficient (Wildman–Crippen LogP) is 2.51. The van der Waals surface area contributed by atoms with E-state index in [4.69, 9.17) is 0 Å². The maximum atomic E-state index is 11.4. The number of benzene rings is 1. The molecule has 0 bridgehead atoms. The van der Waals surface area contributed by atoms with Gasteiger partial charge in [-0.1, -0.05) is 18.2 Å². The molecule has 1 fully saturated rings. The molecule has 2 N–H and O–H groups in total. The Bertz CT molecular complexity index is 1210. The van der Waals surface area contributed by atoms with E-state index in [1.807, 2.05) is 6.07 Å². The van der Waals surface area contributed by atoms with Crippen LogP contribution in [0.2, 0.25) is 0 Å². The molecule has 0 unspecified atom stereocenters. The van der Waals surface area contributed by atoms with Crippen LogP contribution in [0.5, 0.6) is 0 Å². The number of rotatable bonds is 6. The number of nitrogens with one attached hydrogen (secondary N) is 2. The highest BCUT2D eigenvalue weighted by Crippen LogP contribution is 2.41. The summed E-state index contributed by atoms with van der Waals surface area (Å²) in [5.74, 6) is 0. The number of hydrogen-bond donors (Lipinski definition) is 2. The molecule has 3 aromatic rings. The van der Waals surface area contributed by atoms with Crippen LogP contribution in [0.25, 0.3) is 22.5 Å². The van der Waals surface area contributed by atoms with Gasteiger partial charge in [-0.15, -0.1) is 11.3 Å². The van der Waals surface area contributed by atoms with Crippen molar-refractivity contribution in [1.82, 2.24) is 24.7 Å². The first-order valence-corrected chi connectivity index (χ1v) is 13.3. The molecule has 31 heavy (non-hydrogen) atoms. The van der Waals surface area contributed by atoms with Crippen molar-refractivity contribution in [3.63, 3.8) is 0 Å². The Labute approximate surface area is 187 Å². The fourth-order valence-electron chi connectivity index (χ4n) is 4.39. The first kappa shape index (κ1) is 20.8. The average molecular weight is 458 g/mol. The lowest BCUT2D eigenvalue weighted by Gasteiger charge is -2.32. The summed E-state index contributed by atoms with van der Waals surface area (Å²) < 4.78 is 25.3. The van der Waals surface area contributed by atoms with Gasteiger partial charge in [-0.2, -0.15) is 5.10 Å². The maximum absolute atomic E-state index is 11.4. The van der Waals surface area contributed by atoms with Crippen LogP contribution >= 0.6 is 11.3 Å². The zero-order valence-electron chi connectivity index (χ0n) is 17.8. The number of aromatic amines is 1. The Morgan fingerprint density at radius 3 is 2.77 bits per heavy atom. The van der Waals surface area contributed by atoms with Gasteiger partial charge < -0.3 is 4.90 Å². The highest BCUT2D eigenvalue weighted by Gasteiger charge is 2.26. The van der Waals surface area contributed by atoms with Crippen LogP contribution < -0.4 is 4.72 Å². The van der Waals surface area contributed by atoms with E-state index in [2.05, 4.69) is 55.3 Å². The molecule has 0 spiro atoms. The summed E-state index contributed by atoms with van der Waals surface area (Å²) >= 11 is 1.55. The molecule has 3 heterocycles. The molecule has 0 saturated carbocycles. The molecule has 164 valence electrons. The summed E-state index contributed by atoms with van der Waals surface area (Å²) in [5.41, 5.74) is 8.31. The molecule has 0 radical (unpaired) electrons. The normalized spacial score (nSPS) is 17.1. The van der Waals surface area contributed by atoms with Crippen molar-refractivity contribution in [2.24, 2.45) is 0 Å². The number of hydrogen-bond acceptors (Lipinski definition) is 6. The van der Waals surface area contributed by atoms with Crippen LogP contribution in [0.15, 0.2) is 29.6 Å². The van der Waals surface area contributed by atoms with E-state index in [9.17, 15) is 8.42 Å². The van der Waals surface area contributed by atoms with Crippen LogP contribution in [0, 0.1) is 0 Å². The molecule has 2 aromatic heterocycles. The molecule has 9 heteroatoms. The minimum absolute atomic E-state index is 0.311. The molecule has 7 nitrogen and oxygen atoms in total. The second-order valence-electron chi connectivity index (χ2n) is 8.57. The molecular formula is C22H27N5O2S2. The van der Waals surface area contributed by atoms with E-state index in [0.717, 1.165) is 61.0 Å². The van der Waals surface area contributed by atoms with Crippen LogP contribution in [-0.4, -0.2) is 67.9 Å². The van der Waals surface area contributed by atoms with E-state index < -0.39 is 10.0 Å². The lowest BCUT2D eigenvalue weighted by molar-refractivity contribution is 0.148. The quantitative estimate of drug-likeness (QED) is 0.465. The predicted molar refractivity (Wildman–Crippen MR) is 125 cm³/mol. The number of piperazine rings is 1. The summed E-state index contributed by atoms with van der Waals surface area (Å²) in [5, 5.41) is 9.87. The fourth-order valence-corrected chi connectivity index (χ4v) is 5.71. The van der Waals surface area contributed by atoms with Gasteiger partial charge in [-0.05, 0) is 24.2 Å². The van der Waals surface area contributed by atoms with Crippen LogP contribution in [-0.2, 0) is 29.5 Å². The zero-order valence-corrected chi connectivity index (χ0v) is 19.4. The molecule has 1 aliphatic carbocycles. The summed E-state index contributed by atoms with van der Waals surface area (Å²) in [6, 6.07) is 8.84. The topological polar surface area (TPSA) is 81.3 Å². The molecule has 1 aliphatic heterocycles. The van der Waals surface area contributed by atoms with Crippen molar-refractivity contribution in [2.75, 3.05) is 39.5 Å². The van der Waals surface area contributed by atoms with E-state index in [1.54, 1.807) is 11.3 Å². The van der Waals surface area contributed by atoms with Crippen LogP contribution in [0.1, 0.15) is 21.6 Å². The number of H-pyrrole nitrogens is 1. The molecular weight excluding hydrogens is 430 g/mol. The van der Waals surface area contributed by atoms with E-state index in [0.29, 0.717) is 6.54 Å². The highest BCUT2D eigenvalue weighted by atomic mass is 32.2. The lowest BCUT2D eigenvalue weighted by atomic mass is 10.0. The molecule has 0 amide bonds. The van der Waals surface area contributed by atoms with Crippen LogP contribution in [0.4, 0.5) is 0 Å². The maximum Gasteiger partial charge on any atom is 0.209 e. The number of likely N-dealkylation sites (N-methyl/N-ethyl adjacent to an activating group) is 1. The largest absolute Gasteiger partial charge is 0.304 e. The van der Waals surface area contributed by atoms with E-state index in [-0.39, 0.29) is 0 Å².